The van der Waals surface area contributed by atoms with E-state index in [1.807, 2.05) is 12.1 Å². The summed E-state index contributed by atoms with van der Waals surface area (Å²) < 4.78 is 37.3. The minimum atomic E-state index is -3.65. The number of halogens is 1. The van der Waals surface area contributed by atoms with Crippen LogP contribution in [0.3, 0.4) is 0 Å². The van der Waals surface area contributed by atoms with Crippen molar-refractivity contribution in [3.8, 4) is 11.4 Å². The molecule has 1 aliphatic rings. The Morgan fingerprint density at radius 2 is 1.72 bits per heavy atom. The Hall–Kier alpha value is -2.79. The fraction of sp³-hybridized carbons (Fsp3) is 0.286. The van der Waals surface area contributed by atoms with Crippen molar-refractivity contribution in [2.45, 2.75) is 11.4 Å². The fourth-order valence-electron chi connectivity index (χ4n) is 3.38. The molecule has 0 aliphatic carbocycles. The van der Waals surface area contributed by atoms with E-state index in [0.717, 1.165) is 5.56 Å². The SMILES string of the molecule is COC(=O)c1ccc(S(=O)(=O)N2CCN(Cc3nc(-c4ccc(Cl)cc4)no3)CC2)cc1. The molecular weight excluding hydrogens is 456 g/mol. The molecule has 4 rings (SSSR count). The van der Waals surface area contributed by atoms with Gasteiger partial charge >= 0.3 is 5.97 Å². The van der Waals surface area contributed by atoms with Crippen molar-refractivity contribution in [1.29, 1.82) is 0 Å². The number of nitrogens with zero attached hydrogens (tertiary/aromatic N) is 4. The van der Waals surface area contributed by atoms with Crippen LogP contribution >= 0.6 is 11.6 Å². The molecule has 0 N–H and O–H groups in total. The maximum absolute atomic E-state index is 12.9. The molecule has 11 heteroatoms. The summed E-state index contributed by atoms with van der Waals surface area (Å²) in [6.07, 6.45) is 0. The first kappa shape index (κ1) is 22.4. The maximum Gasteiger partial charge on any atom is 0.337 e. The van der Waals surface area contributed by atoms with Crippen LogP contribution in [0.15, 0.2) is 57.9 Å². The number of carbonyl (C=O) groups is 1. The van der Waals surface area contributed by atoms with E-state index in [9.17, 15) is 13.2 Å². The molecular formula is C21H21ClN4O5S. The van der Waals surface area contributed by atoms with Gasteiger partial charge in [0.1, 0.15) is 0 Å². The molecule has 0 radical (unpaired) electrons. The molecule has 0 bridgehead atoms. The van der Waals surface area contributed by atoms with Gasteiger partial charge in [-0.05, 0) is 48.5 Å². The van der Waals surface area contributed by atoms with Gasteiger partial charge in [-0.3, -0.25) is 4.90 Å². The van der Waals surface area contributed by atoms with Crippen LogP contribution in [-0.2, 0) is 21.3 Å². The van der Waals surface area contributed by atoms with E-state index in [0.29, 0.717) is 55.0 Å². The number of piperazine rings is 1. The lowest BCUT2D eigenvalue weighted by Gasteiger charge is -2.33. The molecule has 1 aromatic heterocycles. The number of benzene rings is 2. The molecule has 0 amide bonds. The van der Waals surface area contributed by atoms with E-state index in [4.69, 9.17) is 16.1 Å². The molecule has 32 heavy (non-hydrogen) atoms. The maximum atomic E-state index is 12.9. The smallest absolute Gasteiger partial charge is 0.337 e. The Labute approximate surface area is 190 Å². The summed E-state index contributed by atoms with van der Waals surface area (Å²) in [5.74, 6) is 0.431. The highest BCUT2D eigenvalue weighted by molar-refractivity contribution is 7.89. The number of methoxy groups -OCH3 is 1. The van der Waals surface area contributed by atoms with E-state index < -0.39 is 16.0 Å². The number of esters is 1. The molecule has 9 nitrogen and oxygen atoms in total. The van der Waals surface area contributed by atoms with Crippen molar-refractivity contribution in [3.05, 3.63) is 65.0 Å². The lowest BCUT2D eigenvalue weighted by atomic mass is 10.2. The Bertz CT molecular complexity index is 1190. The third-order valence-corrected chi connectivity index (χ3v) is 7.34. The minimum Gasteiger partial charge on any atom is -0.465 e. The molecule has 2 aromatic carbocycles. The molecule has 0 unspecified atom stereocenters. The second-order valence-corrected chi connectivity index (χ2v) is 9.59. The van der Waals surface area contributed by atoms with Crippen LogP contribution in [-0.4, -0.2) is 67.0 Å². The second kappa shape index (κ2) is 9.37. The highest BCUT2D eigenvalue weighted by atomic mass is 35.5. The first-order chi connectivity index (χ1) is 15.4. The zero-order valence-corrected chi connectivity index (χ0v) is 18.8. The summed E-state index contributed by atoms with van der Waals surface area (Å²) in [6, 6.07) is 12.9. The zero-order valence-electron chi connectivity index (χ0n) is 17.3. The van der Waals surface area contributed by atoms with Crippen molar-refractivity contribution in [3.63, 3.8) is 0 Å². The van der Waals surface area contributed by atoms with Crippen LogP contribution in [0.4, 0.5) is 0 Å². The van der Waals surface area contributed by atoms with Gasteiger partial charge in [-0.2, -0.15) is 9.29 Å². The third-order valence-electron chi connectivity index (χ3n) is 5.17. The van der Waals surface area contributed by atoms with Gasteiger partial charge in [-0.25, -0.2) is 13.2 Å². The standard InChI is InChI=1S/C21H21ClN4O5S/c1-30-21(27)16-4-8-18(9-5-16)32(28,29)26-12-10-25(11-13-26)14-19-23-20(24-31-19)15-2-6-17(22)7-3-15/h2-9H,10-14H2,1H3. The Balaban J connectivity index is 1.36. The highest BCUT2D eigenvalue weighted by Gasteiger charge is 2.29. The van der Waals surface area contributed by atoms with Gasteiger partial charge in [-0.15, -0.1) is 0 Å². The molecule has 0 atom stereocenters. The van der Waals surface area contributed by atoms with Crippen LogP contribution in [0, 0.1) is 0 Å². The third kappa shape index (κ3) is 4.83. The molecule has 168 valence electrons. The van der Waals surface area contributed by atoms with Crippen molar-refractivity contribution in [2.75, 3.05) is 33.3 Å². The minimum absolute atomic E-state index is 0.142. The summed E-state index contributed by atoms with van der Waals surface area (Å²) in [6.45, 7) is 2.15. The van der Waals surface area contributed by atoms with Gasteiger partial charge < -0.3 is 9.26 Å². The summed E-state index contributed by atoms with van der Waals surface area (Å²) in [5, 5.41) is 4.64. The molecule has 1 fully saturated rings. The largest absolute Gasteiger partial charge is 0.465 e. The zero-order chi connectivity index (χ0) is 22.7. The molecule has 0 saturated carbocycles. The van der Waals surface area contributed by atoms with Crippen molar-refractivity contribution in [2.24, 2.45) is 0 Å². The lowest BCUT2D eigenvalue weighted by molar-refractivity contribution is 0.0600. The summed E-state index contributed by atoms with van der Waals surface area (Å²) in [5.41, 5.74) is 1.10. The van der Waals surface area contributed by atoms with E-state index in [1.165, 1.54) is 35.7 Å². The number of aromatic nitrogens is 2. The van der Waals surface area contributed by atoms with Crippen LogP contribution in [0.5, 0.6) is 0 Å². The van der Waals surface area contributed by atoms with Gasteiger partial charge in [0.2, 0.25) is 21.7 Å². The van der Waals surface area contributed by atoms with Crippen molar-refractivity contribution < 1.29 is 22.5 Å². The summed E-state index contributed by atoms with van der Waals surface area (Å²) >= 11 is 5.91. The number of ether oxygens (including phenoxy) is 1. The van der Waals surface area contributed by atoms with Crippen LogP contribution in [0.2, 0.25) is 5.02 Å². The fourth-order valence-corrected chi connectivity index (χ4v) is 4.93. The molecule has 1 saturated heterocycles. The summed E-state index contributed by atoms with van der Waals surface area (Å²) in [7, 11) is -2.37. The predicted octanol–water partition coefficient (Wildman–Crippen LogP) is 2.68. The number of rotatable bonds is 6. The average Bonchev–Trinajstić information content (AvgIpc) is 3.28. The second-order valence-electron chi connectivity index (χ2n) is 7.21. The quantitative estimate of drug-likeness (QED) is 0.500. The monoisotopic (exact) mass is 476 g/mol. The number of sulfonamides is 1. The molecule has 3 aromatic rings. The van der Waals surface area contributed by atoms with E-state index in [2.05, 4.69) is 19.8 Å². The molecule has 0 spiro atoms. The average molecular weight is 477 g/mol. The van der Waals surface area contributed by atoms with Crippen LogP contribution in [0.1, 0.15) is 16.2 Å². The van der Waals surface area contributed by atoms with E-state index >= 15 is 0 Å². The van der Waals surface area contributed by atoms with Crippen LogP contribution < -0.4 is 0 Å². The van der Waals surface area contributed by atoms with Crippen molar-refractivity contribution in [1.82, 2.24) is 19.3 Å². The molecule has 1 aliphatic heterocycles. The van der Waals surface area contributed by atoms with Gasteiger partial charge in [0.05, 0.1) is 24.1 Å². The first-order valence-corrected chi connectivity index (χ1v) is 11.7. The number of hydrogen-bond donors (Lipinski definition) is 0. The van der Waals surface area contributed by atoms with Gasteiger partial charge in [0.15, 0.2) is 0 Å². The Morgan fingerprint density at radius 3 is 2.34 bits per heavy atom. The first-order valence-electron chi connectivity index (χ1n) is 9.86. The predicted molar refractivity (Wildman–Crippen MR) is 117 cm³/mol. The Morgan fingerprint density at radius 1 is 1.06 bits per heavy atom. The number of carbonyl (C=O) groups excluding carboxylic acids is 1. The van der Waals surface area contributed by atoms with Gasteiger partial charge in [0.25, 0.3) is 0 Å². The van der Waals surface area contributed by atoms with E-state index in [-0.39, 0.29) is 4.90 Å². The van der Waals surface area contributed by atoms with E-state index in [1.54, 1.807) is 12.1 Å². The van der Waals surface area contributed by atoms with Gasteiger partial charge in [0, 0.05) is 36.8 Å². The summed E-state index contributed by atoms with van der Waals surface area (Å²) in [4.78, 5) is 18.2. The number of hydrogen-bond acceptors (Lipinski definition) is 8. The molecule has 2 heterocycles. The topological polar surface area (TPSA) is 106 Å². The van der Waals surface area contributed by atoms with Crippen LogP contribution in [0.25, 0.3) is 11.4 Å². The highest BCUT2D eigenvalue weighted by Crippen LogP contribution is 2.21. The lowest BCUT2D eigenvalue weighted by Crippen LogP contribution is -2.48. The van der Waals surface area contributed by atoms with Crippen molar-refractivity contribution >= 4 is 27.6 Å². The van der Waals surface area contributed by atoms with Gasteiger partial charge in [-0.1, -0.05) is 16.8 Å². The normalized spacial score (nSPS) is 15.6. The Kier molecular flexibility index (Phi) is 6.56.